The van der Waals surface area contributed by atoms with Gasteiger partial charge in [0.1, 0.15) is 0 Å². The topological polar surface area (TPSA) is 32.5 Å². The fourth-order valence-electron chi connectivity index (χ4n) is 2.99. The molecular formula is C14H31N3. The normalized spacial score (nSPS) is 21.4. The van der Waals surface area contributed by atoms with Crippen LogP contribution in [0.5, 0.6) is 0 Å². The first kappa shape index (κ1) is 14.9. The van der Waals surface area contributed by atoms with E-state index in [9.17, 15) is 0 Å². The van der Waals surface area contributed by atoms with E-state index in [1.54, 1.807) is 0 Å². The number of hydrogen-bond donors (Lipinski definition) is 1. The molecule has 0 amide bonds. The van der Waals surface area contributed by atoms with Crippen LogP contribution in [-0.4, -0.2) is 55.1 Å². The highest BCUT2D eigenvalue weighted by Gasteiger charge is 2.36. The number of nitrogens with two attached hydrogens (primary N) is 1. The van der Waals surface area contributed by atoms with Crippen molar-refractivity contribution in [3.63, 3.8) is 0 Å². The van der Waals surface area contributed by atoms with Gasteiger partial charge < -0.3 is 10.6 Å². The van der Waals surface area contributed by atoms with Crippen LogP contribution in [0.3, 0.4) is 0 Å². The molecule has 17 heavy (non-hydrogen) atoms. The molecule has 1 saturated heterocycles. The molecule has 0 radical (unpaired) electrons. The van der Waals surface area contributed by atoms with E-state index in [-0.39, 0.29) is 5.54 Å². The Morgan fingerprint density at radius 1 is 1.29 bits per heavy atom. The Morgan fingerprint density at radius 3 is 2.29 bits per heavy atom. The molecule has 1 fully saturated rings. The number of likely N-dealkylation sites (N-methyl/N-ethyl adjacent to an activating group) is 1. The standard InChI is InChI=1S/C14H31N3/c1-5-8-17-9-6-14(12-15,7-10-17)16(4)11-13(2)3/h13H,5-12,15H2,1-4H3. The molecule has 3 nitrogen and oxygen atoms in total. The zero-order chi connectivity index (χ0) is 12.9. The minimum absolute atomic E-state index is 0.258. The molecule has 1 aliphatic heterocycles. The molecule has 2 N–H and O–H groups in total. The number of hydrogen-bond acceptors (Lipinski definition) is 3. The van der Waals surface area contributed by atoms with E-state index >= 15 is 0 Å². The Balaban J connectivity index is 2.54. The molecule has 0 aliphatic carbocycles. The van der Waals surface area contributed by atoms with Gasteiger partial charge >= 0.3 is 0 Å². The number of likely N-dealkylation sites (tertiary alicyclic amines) is 1. The second-order valence-corrected chi connectivity index (χ2v) is 6.04. The quantitative estimate of drug-likeness (QED) is 0.769. The van der Waals surface area contributed by atoms with E-state index in [2.05, 4.69) is 37.6 Å². The van der Waals surface area contributed by atoms with E-state index in [1.807, 2.05) is 0 Å². The molecule has 0 aromatic carbocycles. The molecule has 102 valence electrons. The lowest BCUT2D eigenvalue weighted by Gasteiger charge is -2.47. The minimum atomic E-state index is 0.258. The second-order valence-electron chi connectivity index (χ2n) is 6.04. The summed E-state index contributed by atoms with van der Waals surface area (Å²) in [5.41, 5.74) is 6.33. The highest BCUT2D eigenvalue weighted by atomic mass is 15.2. The summed E-state index contributed by atoms with van der Waals surface area (Å²) in [6.07, 6.45) is 3.72. The molecular weight excluding hydrogens is 210 g/mol. The van der Waals surface area contributed by atoms with E-state index < -0.39 is 0 Å². The first-order valence-electron chi connectivity index (χ1n) is 7.17. The molecule has 1 rings (SSSR count). The van der Waals surface area contributed by atoms with Crippen molar-refractivity contribution in [1.29, 1.82) is 0 Å². The monoisotopic (exact) mass is 241 g/mol. The zero-order valence-corrected chi connectivity index (χ0v) is 12.2. The number of rotatable bonds is 6. The maximum Gasteiger partial charge on any atom is 0.0353 e. The zero-order valence-electron chi connectivity index (χ0n) is 12.2. The molecule has 0 saturated carbocycles. The molecule has 3 heteroatoms. The molecule has 0 spiro atoms. The molecule has 0 bridgehead atoms. The summed E-state index contributed by atoms with van der Waals surface area (Å²) in [6.45, 7) is 12.5. The van der Waals surface area contributed by atoms with Crippen LogP contribution in [0.15, 0.2) is 0 Å². The molecule has 0 aromatic rings. The minimum Gasteiger partial charge on any atom is -0.329 e. The van der Waals surface area contributed by atoms with Gasteiger partial charge in [0, 0.05) is 18.6 Å². The molecule has 1 aliphatic rings. The summed E-state index contributed by atoms with van der Waals surface area (Å²) >= 11 is 0. The summed E-state index contributed by atoms with van der Waals surface area (Å²) in [5.74, 6) is 0.720. The summed E-state index contributed by atoms with van der Waals surface area (Å²) < 4.78 is 0. The maximum absolute atomic E-state index is 6.07. The second kappa shape index (κ2) is 6.72. The summed E-state index contributed by atoms with van der Waals surface area (Å²) in [4.78, 5) is 5.10. The van der Waals surface area contributed by atoms with Crippen molar-refractivity contribution in [1.82, 2.24) is 9.80 Å². The van der Waals surface area contributed by atoms with Gasteiger partial charge in [-0.25, -0.2) is 0 Å². The van der Waals surface area contributed by atoms with Crippen molar-refractivity contribution in [2.75, 3.05) is 39.8 Å². The average molecular weight is 241 g/mol. The van der Waals surface area contributed by atoms with E-state index in [4.69, 9.17) is 5.73 Å². The van der Waals surface area contributed by atoms with Crippen LogP contribution in [0.25, 0.3) is 0 Å². The van der Waals surface area contributed by atoms with Crippen LogP contribution < -0.4 is 5.73 Å². The average Bonchev–Trinajstić information content (AvgIpc) is 2.30. The SMILES string of the molecule is CCCN1CCC(CN)(N(C)CC(C)C)CC1. The Hall–Kier alpha value is -0.120. The van der Waals surface area contributed by atoms with Crippen molar-refractivity contribution in [2.24, 2.45) is 11.7 Å². The molecule has 0 aromatic heterocycles. The van der Waals surface area contributed by atoms with Gasteiger partial charge in [0.25, 0.3) is 0 Å². The lowest BCUT2D eigenvalue weighted by molar-refractivity contribution is 0.0381. The Labute approximate surface area is 107 Å². The first-order chi connectivity index (χ1) is 8.04. The van der Waals surface area contributed by atoms with Crippen LogP contribution in [0, 0.1) is 5.92 Å². The third kappa shape index (κ3) is 3.94. The molecule has 0 atom stereocenters. The number of nitrogens with zero attached hydrogens (tertiary/aromatic N) is 2. The highest BCUT2D eigenvalue weighted by molar-refractivity contribution is 4.95. The van der Waals surface area contributed by atoms with Crippen molar-refractivity contribution in [2.45, 2.75) is 45.6 Å². The van der Waals surface area contributed by atoms with E-state index in [0.717, 1.165) is 19.0 Å². The lowest BCUT2D eigenvalue weighted by Crippen LogP contribution is -2.58. The van der Waals surface area contributed by atoms with Crippen LogP contribution in [0.1, 0.15) is 40.0 Å². The maximum atomic E-state index is 6.07. The van der Waals surface area contributed by atoms with Gasteiger partial charge in [-0.3, -0.25) is 4.90 Å². The fraction of sp³-hybridized carbons (Fsp3) is 1.00. The van der Waals surface area contributed by atoms with Gasteiger partial charge in [-0.15, -0.1) is 0 Å². The summed E-state index contributed by atoms with van der Waals surface area (Å²) in [6, 6.07) is 0. The van der Waals surface area contributed by atoms with E-state index in [0.29, 0.717) is 0 Å². The fourth-order valence-corrected chi connectivity index (χ4v) is 2.99. The van der Waals surface area contributed by atoms with Crippen LogP contribution >= 0.6 is 0 Å². The Bertz CT molecular complexity index is 208. The smallest absolute Gasteiger partial charge is 0.0353 e. The third-order valence-corrected chi connectivity index (χ3v) is 4.16. The van der Waals surface area contributed by atoms with Gasteiger partial charge in [-0.05, 0) is 51.9 Å². The van der Waals surface area contributed by atoms with Gasteiger partial charge in [0.15, 0.2) is 0 Å². The predicted molar refractivity (Wildman–Crippen MR) is 75.2 cm³/mol. The van der Waals surface area contributed by atoms with Crippen molar-refractivity contribution >= 4 is 0 Å². The van der Waals surface area contributed by atoms with Gasteiger partial charge in [-0.1, -0.05) is 20.8 Å². The van der Waals surface area contributed by atoms with Gasteiger partial charge in [-0.2, -0.15) is 0 Å². The summed E-state index contributed by atoms with van der Waals surface area (Å²) in [5, 5.41) is 0. The van der Waals surface area contributed by atoms with Crippen LogP contribution in [0.2, 0.25) is 0 Å². The van der Waals surface area contributed by atoms with E-state index in [1.165, 1.54) is 38.9 Å². The van der Waals surface area contributed by atoms with Crippen LogP contribution in [-0.2, 0) is 0 Å². The van der Waals surface area contributed by atoms with Gasteiger partial charge in [0.05, 0.1) is 0 Å². The van der Waals surface area contributed by atoms with Gasteiger partial charge in [0.2, 0.25) is 0 Å². The largest absolute Gasteiger partial charge is 0.329 e. The predicted octanol–water partition coefficient (Wildman–Crippen LogP) is 1.78. The highest BCUT2D eigenvalue weighted by Crippen LogP contribution is 2.27. The number of piperidine rings is 1. The molecule has 1 heterocycles. The Kier molecular flexibility index (Phi) is 5.90. The Morgan fingerprint density at radius 2 is 1.88 bits per heavy atom. The van der Waals surface area contributed by atoms with Crippen molar-refractivity contribution in [3.05, 3.63) is 0 Å². The molecule has 0 unspecified atom stereocenters. The first-order valence-corrected chi connectivity index (χ1v) is 7.17. The van der Waals surface area contributed by atoms with Crippen LogP contribution in [0.4, 0.5) is 0 Å². The van der Waals surface area contributed by atoms with Crippen molar-refractivity contribution in [3.8, 4) is 0 Å². The summed E-state index contributed by atoms with van der Waals surface area (Å²) in [7, 11) is 2.25. The van der Waals surface area contributed by atoms with Crippen molar-refractivity contribution < 1.29 is 0 Å². The lowest BCUT2D eigenvalue weighted by atomic mass is 9.85. The third-order valence-electron chi connectivity index (χ3n) is 4.16.